The Morgan fingerprint density at radius 2 is 1.95 bits per heavy atom. The van der Waals surface area contributed by atoms with Gasteiger partial charge >= 0.3 is 0 Å². The van der Waals surface area contributed by atoms with Crippen LogP contribution >= 0.6 is 0 Å². The topological polar surface area (TPSA) is 93.5 Å². The van der Waals surface area contributed by atoms with Gasteiger partial charge in [-0.05, 0) is 37.8 Å². The summed E-state index contributed by atoms with van der Waals surface area (Å²) in [6.45, 7) is 2.16. The summed E-state index contributed by atoms with van der Waals surface area (Å²) in [6.07, 6.45) is 2.18. The fourth-order valence-corrected chi connectivity index (χ4v) is 2.30. The van der Waals surface area contributed by atoms with E-state index in [1.54, 1.807) is 12.1 Å². The van der Waals surface area contributed by atoms with E-state index in [4.69, 9.17) is 10.5 Å². The van der Waals surface area contributed by atoms with Crippen molar-refractivity contribution < 1.29 is 14.3 Å². The zero-order valence-electron chi connectivity index (χ0n) is 12.8. The van der Waals surface area contributed by atoms with E-state index < -0.39 is 0 Å². The summed E-state index contributed by atoms with van der Waals surface area (Å²) in [5.74, 6) is 0.498. The minimum absolute atomic E-state index is 0.0701. The molecule has 1 aromatic rings. The molecule has 120 valence electrons. The summed E-state index contributed by atoms with van der Waals surface area (Å²) in [5, 5.41) is 5.46. The van der Waals surface area contributed by atoms with Crippen LogP contribution in [0.3, 0.4) is 0 Å². The number of carbonyl (C=O) groups excluding carboxylic acids is 2. The predicted octanol–water partition coefficient (Wildman–Crippen LogP) is 0.425. The maximum absolute atomic E-state index is 11.9. The molecule has 1 saturated carbocycles. The molecule has 0 radical (unpaired) electrons. The van der Waals surface area contributed by atoms with Crippen LogP contribution in [0, 0.1) is 5.92 Å². The fourth-order valence-electron chi connectivity index (χ4n) is 2.30. The molecule has 1 aliphatic carbocycles. The molecule has 6 heteroatoms. The van der Waals surface area contributed by atoms with Crippen molar-refractivity contribution in [3.05, 3.63) is 30.3 Å². The van der Waals surface area contributed by atoms with Gasteiger partial charge in [-0.2, -0.15) is 0 Å². The van der Waals surface area contributed by atoms with Crippen molar-refractivity contribution >= 4 is 11.8 Å². The molecule has 2 amide bonds. The molecule has 0 spiro atoms. The molecule has 2 rings (SSSR count). The van der Waals surface area contributed by atoms with Crippen LogP contribution in [0.15, 0.2) is 30.3 Å². The maximum atomic E-state index is 11.9. The minimum Gasteiger partial charge on any atom is -0.484 e. The molecule has 0 saturated heterocycles. The molecule has 4 N–H and O–H groups in total. The van der Waals surface area contributed by atoms with Gasteiger partial charge in [-0.25, -0.2) is 0 Å². The van der Waals surface area contributed by atoms with E-state index in [2.05, 4.69) is 10.6 Å². The minimum atomic E-state index is -0.373. The zero-order chi connectivity index (χ0) is 16.0. The molecule has 1 aromatic carbocycles. The lowest BCUT2D eigenvalue weighted by atomic mass is 9.96. The van der Waals surface area contributed by atoms with Crippen LogP contribution in [-0.4, -0.2) is 37.0 Å². The molecule has 6 nitrogen and oxygen atoms in total. The van der Waals surface area contributed by atoms with Crippen molar-refractivity contribution in [3.63, 3.8) is 0 Å². The molecule has 0 heterocycles. The monoisotopic (exact) mass is 305 g/mol. The summed E-state index contributed by atoms with van der Waals surface area (Å²) in [5.41, 5.74) is 5.37. The lowest BCUT2D eigenvalue weighted by Crippen LogP contribution is -2.55. The Morgan fingerprint density at radius 1 is 1.27 bits per heavy atom. The molecule has 1 atom stereocenters. The van der Waals surface area contributed by atoms with Gasteiger partial charge < -0.3 is 21.1 Å². The van der Waals surface area contributed by atoms with E-state index >= 15 is 0 Å². The van der Waals surface area contributed by atoms with Gasteiger partial charge in [0.25, 0.3) is 5.91 Å². The molecule has 0 aliphatic heterocycles. The van der Waals surface area contributed by atoms with E-state index in [-0.39, 0.29) is 30.5 Å². The Balaban J connectivity index is 1.68. The van der Waals surface area contributed by atoms with Crippen molar-refractivity contribution in [2.45, 2.75) is 25.3 Å². The standard InChI is InChI=1S/C16H23N3O3/c1-16(11-17,12-7-8-12)19-14(20)9-18-15(21)10-22-13-5-3-2-4-6-13/h2-6,12H,7-11,17H2,1H3,(H,18,21)(H,19,20). The van der Waals surface area contributed by atoms with Gasteiger partial charge in [-0.1, -0.05) is 18.2 Å². The van der Waals surface area contributed by atoms with E-state index in [1.165, 1.54) is 0 Å². The second kappa shape index (κ2) is 7.26. The number of amides is 2. The van der Waals surface area contributed by atoms with Crippen LogP contribution in [0.1, 0.15) is 19.8 Å². The summed E-state index contributed by atoms with van der Waals surface area (Å²) >= 11 is 0. The zero-order valence-corrected chi connectivity index (χ0v) is 12.8. The summed E-state index contributed by atoms with van der Waals surface area (Å²) in [4.78, 5) is 23.6. The second-order valence-electron chi connectivity index (χ2n) is 5.82. The molecular weight excluding hydrogens is 282 g/mol. The first-order valence-corrected chi connectivity index (χ1v) is 7.49. The molecule has 1 fully saturated rings. The highest BCUT2D eigenvalue weighted by Crippen LogP contribution is 2.38. The first-order chi connectivity index (χ1) is 10.5. The number of carbonyl (C=O) groups is 2. The average Bonchev–Trinajstić information content (AvgIpc) is 3.37. The van der Waals surface area contributed by atoms with Crippen LogP contribution < -0.4 is 21.1 Å². The lowest BCUT2D eigenvalue weighted by molar-refractivity contribution is -0.128. The normalized spacial score (nSPS) is 16.5. The molecular formula is C16H23N3O3. The molecule has 0 aromatic heterocycles. The Morgan fingerprint density at radius 3 is 2.55 bits per heavy atom. The fraction of sp³-hybridized carbons (Fsp3) is 0.500. The van der Waals surface area contributed by atoms with E-state index in [0.29, 0.717) is 18.2 Å². The number of hydrogen-bond donors (Lipinski definition) is 3. The van der Waals surface area contributed by atoms with Crippen LogP contribution in [-0.2, 0) is 9.59 Å². The van der Waals surface area contributed by atoms with Gasteiger partial charge in [-0.3, -0.25) is 9.59 Å². The summed E-state index contributed by atoms with van der Waals surface area (Å²) in [6, 6.07) is 9.05. The number of nitrogens with one attached hydrogen (secondary N) is 2. The highest BCUT2D eigenvalue weighted by atomic mass is 16.5. The third-order valence-corrected chi connectivity index (χ3v) is 3.89. The smallest absolute Gasteiger partial charge is 0.258 e. The Bertz CT molecular complexity index is 517. The molecule has 1 aliphatic rings. The van der Waals surface area contributed by atoms with E-state index in [1.807, 2.05) is 25.1 Å². The molecule has 1 unspecified atom stereocenters. The largest absolute Gasteiger partial charge is 0.484 e. The first kappa shape index (κ1) is 16.3. The van der Waals surface area contributed by atoms with Crippen molar-refractivity contribution in [1.82, 2.24) is 10.6 Å². The number of ether oxygens (including phenoxy) is 1. The van der Waals surface area contributed by atoms with Crippen molar-refractivity contribution in [2.24, 2.45) is 11.7 Å². The van der Waals surface area contributed by atoms with Crippen molar-refractivity contribution in [1.29, 1.82) is 0 Å². The SMILES string of the molecule is CC(CN)(NC(=O)CNC(=O)COc1ccccc1)C1CC1. The highest BCUT2D eigenvalue weighted by Gasteiger charge is 2.41. The average molecular weight is 305 g/mol. The van der Waals surface area contributed by atoms with Gasteiger partial charge in [0.1, 0.15) is 5.75 Å². The lowest BCUT2D eigenvalue weighted by Gasteiger charge is -2.29. The van der Waals surface area contributed by atoms with Gasteiger partial charge in [-0.15, -0.1) is 0 Å². The van der Waals surface area contributed by atoms with Gasteiger partial charge in [0.15, 0.2) is 6.61 Å². The molecule has 22 heavy (non-hydrogen) atoms. The number of para-hydroxylation sites is 1. The maximum Gasteiger partial charge on any atom is 0.258 e. The quantitative estimate of drug-likeness (QED) is 0.649. The Labute approximate surface area is 130 Å². The van der Waals surface area contributed by atoms with Gasteiger partial charge in [0.05, 0.1) is 12.1 Å². The molecule has 0 bridgehead atoms. The Hall–Kier alpha value is -2.08. The van der Waals surface area contributed by atoms with Gasteiger partial charge in [0.2, 0.25) is 5.91 Å². The number of rotatable bonds is 8. The Kier molecular flexibility index (Phi) is 5.38. The summed E-state index contributed by atoms with van der Waals surface area (Å²) in [7, 11) is 0. The highest BCUT2D eigenvalue weighted by molar-refractivity contribution is 5.85. The first-order valence-electron chi connectivity index (χ1n) is 7.49. The number of nitrogens with two attached hydrogens (primary N) is 1. The third kappa shape index (κ3) is 4.73. The van der Waals surface area contributed by atoms with Crippen molar-refractivity contribution in [3.8, 4) is 5.75 Å². The third-order valence-electron chi connectivity index (χ3n) is 3.89. The van der Waals surface area contributed by atoms with Crippen LogP contribution in [0.4, 0.5) is 0 Å². The van der Waals surface area contributed by atoms with E-state index in [0.717, 1.165) is 12.8 Å². The van der Waals surface area contributed by atoms with Crippen LogP contribution in [0.2, 0.25) is 0 Å². The van der Waals surface area contributed by atoms with Crippen LogP contribution in [0.5, 0.6) is 5.75 Å². The number of benzene rings is 1. The van der Waals surface area contributed by atoms with E-state index in [9.17, 15) is 9.59 Å². The predicted molar refractivity (Wildman–Crippen MR) is 83.3 cm³/mol. The van der Waals surface area contributed by atoms with Gasteiger partial charge in [0, 0.05) is 6.54 Å². The number of hydrogen-bond acceptors (Lipinski definition) is 4. The second-order valence-corrected chi connectivity index (χ2v) is 5.82. The van der Waals surface area contributed by atoms with Crippen LogP contribution in [0.25, 0.3) is 0 Å². The summed E-state index contributed by atoms with van der Waals surface area (Å²) < 4.78 is 5.31. The van der Waals surface area contributed by atoms with Crippen molar-refractivity contribution in [2.75, 3.05) is 19.7 Å².